The van der Waals surface area contributed by atoms with E-state index in [4.69, 9.17) is 4.42 Å². The van der Waals surface area contributed by atoms with Crippen LogP contribution in [-0.2, 0) is 0 Å². The number of phenols is 8. The topological polar surface area (TPSA) is 175 Å². The summed E-state index contributed by atoms with van der Waals surface area (Å²) < 4.78 is 6.34. The van der Waals surface area contributed by atoms with E-state index in [2.05, 4.69) is 0 Å². The van der Waals surface area contributed by atoms with Gasteiger partial charge in [0.15, 0.2) is 23.0 Å². The van der Waals surface area contributed by atoms with Gasteiger partial charge in [0.25, 0.3) is 0 Å². The monoisotopic (exact) mass is 750 g/mol. The van der Waals surface area contributed by atoms with Crippen LogP contribution in [-0.4, -0.2) is 40.9 Å². The Morgan fingerprint density at radius 2 is 0.737 bits per heavy atom. The van der Waals surface area contributed by atoms with E-state index >= 15 is 0 Å². The molecule has 10 rings (SSSR count). The summed E-state index contributed by atoms with van der Waals surface area (Å²) in [7, 11) is 0. The fourth-order valence-electron chi connectivity index (χ4n) is 8.26. The Hall–Kier alpha value is -8.04. The lowest BCUT2D eigenvalue weighted by atomic mass is 9.81. The molecule has 0 atom stereocenters. The maximum atomic E-state index is 12.0. The lowest BCUT2D eigenvalue weighted by Gasteiger charge is -2.23. The lowest BCUT2D eigenvalue weighted by Crippen LogP contribution is -1.95. The van der Waals surface area contributed by atoms with Crippen LogP contribution < -0.4 is 0 Å². The van der Waals surface area contributed by atoms with Crippen LogP contribution in [0.4, 0.5) is 0 Å². The number of phenolic OH excluding ortho intramolecular Hbond substituents is 8. The van der Waals surface area contributed by atoms with Crippen molar-refractivity contribution in [1.82, 2.24) is 0 Å². The van der Waals surface area contributed by atoms with Crippen molar-refractivity contribution in [2.45, 2.75) is 0 Å². The third kappa shape index (κ3) is 4.82. The largest absolute Gasteiger partial charge is 0.504 e. The molecule has 9 heteroatoms. The molecule has 57 heavy (non-hydrogen) atoms. The highest BCUT2D eigenvalue weighted by molar-refractivity contribution is 6.31. The third-order valence-electron chi connectivity index (χ3n) is 10.9. The Morgan fingerprint density at radius 1 is 0.298 bits per heavy atom. The Morgan fingerprint density at radius 3 is 1.25 bits per heavy atom. The van der Waals surface area contributed by atoms with Crippen molar-refractivity contribution in [1.29, 1.82) is 0 Å². The minimum atomic E-state index is -1.04. The normalized spacial score (nSPS) is 11.7. The van der Waals surface area contributed by atoms with Crippen molar-refractivity contribution in [2.75, 3.05) is 0 Å². The zero-order valence-electron chi connectivity index (χ0n) is 29.7. The standard InChI is InChI=1S/C48H30O9/c49-41-37-34(29-19-27(23-10-3-1-4-11-23)18-28(20-29)24-12-5-2-6-13-24)38-40(44(52)48(56)46(54)42(38)50)36(39(37)43(51)47(55)45(41)53)30-16-9-17-32-35(30)31-21-25-14-7-8-15-26(25)22-33(31)57-32/h1-22,49-56H. The van der Waals surface area contributed by atoms with Gasteiger partial charge in [0.2, 0.25) is 23.0 Å². The van der Waals surface area contributed by atoms with Gasteiger partial charge in [-0.15, -0.1) is 0 Å². The van der Waals surface area contributed by atoms with Crippen molar-refractivity contribution < 1.29 is 45.3 Å². The van der Waals surface area contributed by atoms with Gasteiger partial charge in [-0.2, -0.15) is 0 Å². The van der Waals surface area contributed by atoms with Crippen LogP contribution in [0.1, 0.15) is 0 Å². The zero-order chi connectivity index (χ0) is 39.3. The third-order valence-corrected chi connectivity index (χ3v) is 10.9. The van der Waals surface area contributed by atoms with E-state index < -0.39 is 46.0 Å². The van der Waals surface area contributed by atoms with Crippen molar-refractivity contribution in [3.63, 3.8) is 0 Å². The smallest absolute Gasteiger partial charge is 0.204 e. The molecule has 9 aromatic carbocycles. The number of benzene rings is 9. The highest BCUT2D eigenvalue weighted by atomic mass is 16.4. The van der Waals surface area contributed by atoms with E-state index in [1.54, 1.807) is 30.3 Å². The Kier molecular flexibility index (Phi) is 7.20. The molecule has 0 saturated heterocycles. The summed E-state index contributed by atoms with van der Waals surface area (Å²) in [5.41, 5.74) is 4.48. The van der Waals surface area contributed by atoms with Gasteiger partial charge in [0, 0.05) is 43.4 Å². The number of hydrogen-bond acceptors (Lipinski definition) is 9. The molecule has 0 aliphatic rings. The van der Waals surface area contributed by atoms with Crippen molar-refractivity contribution in [3.05, 3.63) is 133 Å². The fourth-order valence-corrected chi connectivity index (χ4v) is 8.26. The number of fused-ring (bicyclic) bond motifs is 6. The quantitative estimate of drug-likeness (QED) is 0.0494. The molecule has 8 N–H and O–H groups in total. The van der Waals surface area contributed by atoms with Crippen molar-refractivity contribution in [3.8, 4) is 90.5 Å². The number of aromatic hydroxyl groups is 8. The minimum absolute atomic E-state index is 0.0415. The van der Waals surface area contributed by atoms with E-state index in [0.29, 0.717) is 44.2 Å². The molecule has 9 nitrogen and oxygen atoms in total. The summed E-state index contributed by atoms with van der Waals surface area (Å²) in [6.45, 7) is 0. The van der Waals surface area contributed by atoms with Crippen LogP contribution in [0.3, 0.4) is 0 Å². The summed E-state index contributed by atoms with van der Waals surface area (Å²) >= 11 is 0. The first-order valence-corrected chi connectivity index (χ1v) is 18.0. The van der Waals surface area contributed by atoms with E-state index in [-0.39, 0.29) is 32.7 Å². The molecule has 0 aliphatic carbocycles. The van der Waals surface area contributed by atoms with E-state index in [9.17, 15) is 40.9 Å². The predicted octanol–water partition coefficient (Wildman–Crippen LogP) is 11.4. The molecular weight excluding hydrogens is 721 g/mol. The first kappa shape index (κ1) is 33.5. The van der Waals surface area contributed by atoms with E-state index in [0.717, 1.165) is 21.9 Å². The maximum absolute atomic E-state index is 12.0. The minimum Gasteiger partial charge on any atom is -0.504 e. The van der Waals surface area contributed by atoms with Crippen LogP contribution in [0, 0.1) is 0 Å². The summed E-state index contributed by atoms with van der Waals surface area (Å²) in [5, 5.41) is 94.6. The SMILES string of the molecule is Oc1c(O)c(O)c2c(-c3cccc4oc5cc6ccccc6cc5c34)c3c(O)c(O)c(O)c(O)c3c(-c3cc(-c4ccccc4)cc(-c4ccccc4)c3)c2c1O. The van der Waals surface area contributed by atoms with E-state index in [1.165, 1.54) is 0 Å². The second kappa shape index (κ2) is 12.2. The molecule has 10 aromatic rings. The van der Waals surface area contributed by atoms with Gasteiger partial charge in [-0.3, -0.25) is 0 Å². The first-order chi connectivity index (χ1) is 27.6. The molecule has 1 aromatic heterocycles. The average Bonchev–Trinajstić information content (AvgIpc) is 3.62. The summed E-state index contributed by atoms with van der Waals surface area (Å²) in [6, 6.07) is 41.0. The van der Waals surface area contributed by atoms with Gasteiger partial charge in [0.05, 0.1) is 0 Å². The molecule has 0 spiro atoms. The van der Waals surface area contributed by atoms with Gasteiger partial charge in [-0.1, -0.05) is 97.1 Å². The van der Waals surface area contributed by atoms with Crippen LogP contribution >= 0.6 is 0 Å². The molecule has 1 heterocycles. The van der Waals surface area contributed by atoms with Crippen molar-refractivity contribution >= 4 is 54.3 Å². The average molecular weight is 751 g/mol. The zero-order valence-corrected chi connectivity index (χ0v) is 29.7. The number of furan rings is 1. The van der Waals surface area contributed by atoms with Gasteiger partial charge in [-0.25, -0.2) is 0 Å². The number of rotatable bonds is 4. The van der Waals surface area contributed by atoms with Gasteiger partial charge in [-0.05, 0) is 80.6 Å². The van der Waals surface area contributed by atoms with Crippen molar-refractivity contribution in [2.24, 2.45) is 0 Å². The van der Waals surface area contributed by atoms with Crippen LogP contribution in [0.2, 0.25) is 0 Å². The molecule has 0 unspecified atom stereocenters. The molecule has 0 amide bonds. The molecule has 0 fully saturated rings. The van der Waals surface area contributed by atoms with Crippen LogP contribution in [0.15, 0.2) is 138 Å². The predicted molar refractivity (Wildman–Crippen MR) is 221 cm³/mol. The molecule has 0 bridgehead atoms. The molecule has 276 valence electrons. The van der Waals surface area contributed by atoms with Gasteiger partial charge >= 0.3 is 0 Å². The van der Waals surface area contributed by atoms with Gasteiger partial charge < -0.3 is 45.3 Å². The Labute approximate surface area is 322 Å². The lowest BCUT2D eigenvalue weighted by molar-refractivity contribution is 0.350. The summed E-state index contributed by atoms with van der Waals surface area (Å²) in [4.78, 5) is 0. The molecular formula is C48H30O9. The number of hydrogen-bond donors (Lipinski definition) is 8. The molecule has 0 saturated carbocycles. The second-order valence-corrected chi connectivity index (χ2v) is 14.0. The summed E-state index contributed by atoms with van der Waals surface area (Å²) in [5.74, 6) is -7.60. The fraction of sp³-hybridized carbons (Fsp3) is 0. The van der Waals surface area contributed by atoms with Gasteiger partial charge in [0.1, 0.15) is 11.2 Å². The molecule has 0 aliphatic heterocycles. The highest BCUT2D eigenvalue weighted by Gasteiger charge is 2.33. The Bertz CT molecular complexity index is 3180. The second-order valence-electron chi connectivity index (χ2n) is 14.0. The van der Waals surface area contributed by atoms with Crippen LogP contribution in [0.25, 0.3) is 98.8 Å². The highest BCUT2D eigenvalue weighted by Crippen LogP contribution is 2.62. The molecule has 0 radical (unpaired) electrons. The maximum Gasteiger partial charge on any atom is 0.204 e. The Balaban J connectivity index is 1.45. The van der Waals surface area contributed by atoms with E-state index in [1.807, 2.05) is 103 Å². The van der Waals surface area contributed by atoms with Crippen LogP contribution in [0.5, 0.6) is 46.0 Å². The summed E-state index contributed by atoms with van der Waals surface area (Å²) in [6.07, 6.45) is 0. The first-order valence-electron chi connectivity index (χ1n) is 18.0.